The number of likely N-dealkylation sites (tertiary alicyclic amines) is 1. The largest absolute Gasteiger partial charge is 0.406 e. The molecular weight excluding hydrogens is 321 g/mol. The van der Waals surface area contributed by atoms with E-state index in [2.05, 4.69) is 0 Å². The van der Waals surface area contributed by atoms with Gasteiger partial charge in [0, 0.05) is 13.1 Å². The zero-order valence-electron chi connectivity index (χ0n) is 13.9. The normalized spacial score (nSPS) is 20.0. The number of likely N-dealkylation sites (N-methyl/N-ethyl adjacent to an activating group) is 1. The Bertz CT molecular complexity index is 560. The molecule has 0 aromatic heterocycles. The van der Waals surface area contributed by atoms with Gasteiger partial charge in [0.25, 0.3) is 0 Å². The van der Waals surface area contributed by atoms with E-state index >= 15 is 0 Å². The van der Waals surface area contributed by atoms with Gasteiger partial charge in [0.05, 0.1) is 12.1 Å². The molecule has 7 heteroatoms. The van der Waals surface area contributed by atoms with Crippen molar-refractivity contribution in [2.75, 3.05) is 26.2 Å². The number of carbonyl (C=O) groups is 1. The molecular formula is C17H23F3N2O2. The molecule has 2 rings (SSSR count). The van der Waals surface area contributed by atoms with Crippen molar-refractivity contribution < 1.29 is 23.1 Å². The molecule has 1 saturated heterocycles. The highest BCUT2D eigenvalue weighted by molar-refractivity contribution is 5.84. The zero-order valence-corrected chi connectivity index (χ0v) is 13.9. The van der Waals surface area contributed by atoms with E-state index in [-0.39, 0.29) is 13.1 Å². The lowest BCUT2D eigenvalue weighted by atomic mass is 10.1. The minimum Gasteiger partial charge on any atom is -0.387 e. The van der Waals surface area contributed by atoms with Crippen molar-refractivity contribution in [2.24, 2.45) is 0 Å². The number of amides is 1. The number of carbonyl (C=O) groups excluding carboxylic acids is 1. The lowest BCUT2D eigenvalue weighted by Gasteiger charge is -2.29. The molecule has 1 amide bonds. The Morgan fingerprint density at radius 1 is 1.33 bits per heavy atom. The van der Waals surface area contributed by atoms with Gasteiger partial charge in [0.15, 0.2) is 0 Å². The van der Waals surface area contributed by atoms with E-state index in [1.54, 1.807) is 4.90 Å². The maximum atomic E-state index is 12.5. The Hall–Kier alpha value is -1.60. The lowest BCUT2D eigenvalue weighted by Crippen LogP contribution is -2.45. The van der Waals surface area contributed by atoms with Crippen LogP contribution in [0.1, 0.15) is 30.6 Å². The van der Waals surface area contributed by atoms with Crippen LogP contribution in [0.4, 0.5) is 13.2 Å². The summed E-state index contributed by atoms with van der Waals surface area (Å²) in [5, 5.41) is 10.4. The highest BCUT2D eigenvalue weighted by atomic mass is 19.4. The smallest absolute Gasteiger partial charge is 0.387 e. The summed E-state index contributed by atoms with van der Waals surface area (Å²) in [5.74, 6) is -0.509. The average Bonchev–Trinajstić information content (AvgIpc) is 2.84. The molecule has 0 aliphatic carbocycles. The molecule has 24 heavy (non-hydrogen) atoms. The van der Waals surface area contributed by atoms with Crippen molar-refractivity contribution in [3.63, 3.8) is 0 Å². The van der Waals surface area contributed by atoms with Crippen LogP contribution in [0.5, 0.6) is 0 Å². The van der Waals surface area contributed by atoms with E-state index in [0.29, 0.717) is 13.0 Å². The number of alkyl halides is 3. The van der Waals surface area contributed by atoms with Crippen LogP contribution in [0.3, 0.4) is 0 Å². The number of aliphatic hydroxyl groups excluding tert-OH is 1. The molecule has 0 radical (unpaired) electrons. The third-order valence-electron chi connectivity index (χ3n) is 4.36. The minimum absolute atomic E-state index is 0.0974. The van der Waals surface area contributed by atoms with Crippen LogP contribution in [-0.2, 0) is 4.79 Å². The van der Waals surface area contributed by atoms with Gasteiger partial charge in [0.2, 0.25) is 5.91 Å². The SMILES string of the molecule is CCN(C[C@@H](O)c1ccc(C)cc1)[C@@H]1CCN(CC(F)(F)F)C1=O. The van der Waals surface area contributed by atoms with E-state index < -0.39 is 30.8 Å². The molecule has 1 aromatic carbocycles. The van der Waals surface area contributed by atoms with Crippen molar-refractivity contribution in [3.8, 4) is 0 Å². The topological polar surface area (TPSA) is 43.8 Å². The summed E-state index contributed by atoms with van der Waals surface area (Å²) in [4.78, 5) is 14.9. The quantitative estimate of drug-likeness (QED) is 0.862. The first-order valence-electron chi connectivity index (χ1n) is 8.05. The van der Waals surface area contributed by atoms with Gasteiger partial charge >= 0.3 is 6.18 Å². The fraction of sp³-hybridized carbons (Fsp3) is 0.588. The van der Waals surface area contributed by atoms with Gasteiger partial charge in [-0.05, 0) is 25.5 Å². The number of benzene rings is 1. The Kier molecular flexibility index (Phi) is 5.87. The van der Waals surface area contributed by atoms with E-state index in [1.807, 2.05) is 38.1 Å². The Labute approximate surface area is 139 Å². The first-order chi connectivity index (χ1) is 11.2. The summed E-state index contributed by atoms with van der Waals surface area (Å²) >= 11 is 0. The third-order valence-corrected chi connectivity index (χ3v) is 4.36. The summed E-state index contributed by atoms with van der Waals surface area (Å²) in [5.41, 5.74) is 1.81. The first-order valence-corrected chi connectivity index (χ1v) is 8.05. The van der Waals surface area contributed by atoms with Crippen molar-refractivity contribution in [1.82, 2.24) is 9.80 Å². The first kappa shape index (κ1) is 18.7. The molecule has 0 spiro atoms. The molecule has 1 aliphatic rings. The van der Waals surface area contributed by atoms with E-state index in [4.69, 9.17) is 0 Å². The van der Waals surface area contributed by atoms with Crippen molar-refractivity contribution in [1.29, 1.82) is 0 Å². The molecule has 4 nitrogen and oxygen atoms in total. The molecule has 1 N–H and O–H groups in total. The second-order valence-electron chi connectivity index (χ2n) is 6.19. The molecule has 0 bridgehead atoms. The molecule has 2 atom stereocenters. The van der Waals surface area contributed by atoms with Crippen LogP contribution in [0.15, 0.2) is 24.3 Å². The summed E-state index contributed by atoms with van der Waals surface area (Å²) in [6.45, 7) is 3.37. The van der Waals surface area contributed by atoms with Gasteiger partial charge in [-0.2, -0.15) is 13.2 Å². The van der Waals surface area contributed by atoms with Crippen LogP contribution < -0.4 is 0 Å². The van der Waals surface area contributed by atoms with Crippen LogP contribution >= 0.6 is 0 Å². The molecule has 1 fully saturated rings. The second-order valence-corrected chi connectivity index (χ2v) is 6.19. The molecule has 1 heterocycles. The molecule has 0 saturated carbocycles. The summed E-state index contributed by atoms with van der Waals surface area (Å²) in [6, 6.07) is 6.82. The Morgan fingerprint density at radius 3 is 2.50 bits per heavy atom. The van der Waals surface area contributed by atoms with Crippen LogP contribution in [0.25, 0.3) is 0 Å². The molecule has 1 aromatic rings. The van der Waals surface area contributed by atoms with Crippen LogP contribution in [0, 0.1) is 6.92 Å². The number of nitrogens with zero attached hydrogens (tertiary/aromatic N) is 2. The second kappa shape index (κ2) is 7.53. The van der Waals surface area contributed by atoms with Crippen molar-refractivity contribution in [3.05, 3.63) is 35.4 Å². The maximum absolute atomic E-state index is 12.5. The number of aryl methyl sites for hydroxylation is 1. The van der Waals surface area contributed by atoms with Gasteiger partial charge in [-0.15, -0.1) is 0 Å². The number of hydrogen-bond acceptors (Lipinski definition) is 3. The highest BCUT2D eigenvalue weighted by Gasteiger charge is 2.41. The van der Waals surface area contributed by atoms with E-state index in [1.165, 1.54) is 0 Å². The van der Waals surface area contributed by atoms with Crippen LogP contribution in [0.2, 0.25) is 0 Å². The predicted octanol–water partition coefficient (Wildman–Crippen LogP) is 2.51. The van der Waals surface area contributed by atoms with Gasteiger partial charge in [-0.3, -0.25) is 9.69 Å². The van der Waals surface area contributed by atoms with Crippen LogP contribution in [-0.4, -0.2) is 59.2 Å². The Balaban J connectivity index is 2.01. The summed E-state index contributed by atoms with van der Waals surface area (Å²) < 4.78 is 37.5. The zero-order chi connectivity index (χ0) is 17.9. The molecule has 1 aliphatic heterocycles. The predicted molar refractivity (Wildman–Crippen MR) is 84.4 cm³/mol. The van der Waals surface area contributed by atoms with E-state index in [0.717, 1.165) is 16.0 Å². The van der Waals surface area contributed by atoms with Crippen molar-refractivity contribution >= 4 is 5.91 Å². The standard InChI is InChI=1S/C17H23F3N2O2/c1-3-21(10-15(23)13-6-4-12(2)5-7-13)14-8-9-22(16(14)24)11-17(18,19)20/h4-7,14-15,23H,3,8-11H2,1-2H3/t14-,15-/m1/s1. The summed E-state index contributed by atoms with van der Waals surface area (Å²) in [6.07, 6.45) is -4.82. The molecule has 134 valence electrons. The number of halogens is 3. The number of aliphatic hydroxyl groups is 1. The fourth-order valence-corrected chi connectivity index (χ4v) is 3.03. The average molecular weight is 344 g/mol. The number of rotatable bonds is 6. The van der Waals surface area contributed by atoms with Crippen molar-refractivity contribution in [2.45, 2.75) is 38.6 Å². The highest BCUT2D eigenvalue weighted by Crippen LogP contribution is 2.25. The lowest BCUT2D eigenvalue weighted by molar-refractivity contribution is -0.159. The fourth-order valence-electron chi connectivity index (χ4n) is 3.03. The summed E-state index contributed by atoms with van der Waals surface area (Å²) in [7, 11) is 0. The van der Waals surface area contributed by atoms with Gasteiger partial charge in [-0.1, -0.05) is 36.8 Å². The Morgan fingerprint density at radius 2 is 1.96 bits per heavy atom. The van der Waals surface area contributed by atoms with Gasteiger partial charge in [-0.25, -0.2) is 0 Å². The third kappa shape index (κ3) is 4.70. The molecule has 0 unspecified atom stereocenters. The van der Waals surface area contributed by atoms with E-state index in [9.17, 15) is 23.1 Å². The monoisotopic (exact) mass is 344 g/mol. The maximum Gasteiger partial charge on any atom is 0.406 e. The van der Waals surface area contributed by atoms with Gasteiger partial charge < -0.3 is 10.0 Å². The van der Waals surface area contributed by atoms with Gasteiger partial charge in [0.1, 0.15) is 6.54 Å². The minimum atomic E-state index is -4.39. The number of hydrogen-bond donors (Lipinski definition) is 1.